The number of carbonyl (C=O) groups is 1. The first-order chi connectivity index (χ1) is 11.5. The van der Waals surface area contributed by atoms with Crippen LogP contribution in [0.1, 0.15) is 16.1 Å². The normalized spacial score (nSPS) is 10.7. The van der Waals surface area contributed by atoms with Crippen molar-refractivity contribution in [2.75, 3.05) is 0 Å². The quantitative estimate of drug-likeness (QED) is 0.275. The molecule has 0 saturated carbocycles. The molecule has 0 spiro atoms. The summed E-state index contributed by atoms with van der Waals surface area (Å²) >= 11 is 14.6. The number of aryl methyl sites for hydroxylation is 1. The van der Waals surface area contributed by atoms with Crippen molar-refractivity contribution in [2.24, 2.45) is 0 Å². The second-order valence-electron chi connectivity index (χ2n) is 4.90. The van der Waals surface area contributed by atoms with Gasteiger partial charge in [-0.1, -0.05) is 34.4 Å². The number of benzene rings is 2. The monoisotopic (exact) mass is 473 g/mol. The molecule has 122 valence electrons. The number of esters is 1. The molecule has 0 aliphatic heterocycles. The Labute approximate surface area is 161 Å². The van der Waals surface area contributed by atoms with E-state index < -0.39 is 5.97 Å². The molecule has 0 aliphatic carbocycles. The molecule has 0 fully saturated rings. The number of rotatable bonds is 3. The molecule has 2 aromatic carbocycles. The first kappa shape index (κ1) is 17.3. The fraction of sp³-hybridized carbons (Fsp3) is 0.0588. The molecule has 0 atom stereocenters. The van der Waals surface area contributed by atoms with Crippen LogP contribution >= 0.6 is 45.8 Å². The van der Waals surface area contributed by atoms with Crippen LogP contribution in [0.15, 0.2) is 47.0 Å². The van der Waals surface area contributed by atoms with Gasteiger partial charge in [-0.2, -0.15) is 0 Å². The average molecular weight is 474 g/mol. The van der Waals surface area contributed by atoms with Gasteiger partial charge >= 0.3 is 5.97 Å². The minimum atomic E-state index is -0.582. The van der Waals surface area contributed by atoms with Gasteiger partial charge in [0.25, 0.3) is 0 Å². The molecule has 24 heavy (non-hydrogen) atoms. The number of hydrogen-bond donors (Lipinski definition) is 0. The zero-order chi connectivity index (χ0) is 17.3. The number of hydrogen-bond acceptors (Lipinski definition) is 4. The molecular formula is C17H10Cl2INO3. The third kappa shape index (κ3) is 3.43. The Kier molecular flexibility index (Phi) is 5.12. The molecule has 3 rings (SSSR count). The van der Waals surface area contributed by atoms with E-state index in [2.05, 4.69) is 27.7 Å². The van der Waals surface area contributed by atoms with Crippen molar-refractivity contribution in [3.63, 3.8) is 0 Å². The standard InChI is InChI=1S/C17H10Cl2INO3/c1-9-14(17(22)23-11-7-5-10(20)6-8-11)16(21-24-9)15-12(18)3-2-4-13(15)19/h2-8H,1H3. The van der Waals surface area contributed by atoms with Crippen molar-refractivity contribution in [3.8, 4) is 17.0 Å². The maximum Gasteiger partial charge on any atom is 0.349 e. The molecular weight excluding hydrogens is 464 g/mol. The molecule has 0 bridgehead atoms. The number of halogens is 3. The fourth-order valence-electron chi connectivity index (χ4n) is 2.17. The summed E-state index contributed by atoms with van der Waals surface area (Å²) in [6.45, 7) is 1.63. The summed E-state index contributed by atoms with van der Waals surface area (Å²) in [5.41, 5.74) is 0.898. The molecule has 0 radical (unpaired) electrons. The summed E-state index contributed by atoms with van der Waals surface area (Å²) in [7, 11) is 0. The average Bonchev–Trinajstić information content (AvgIpc) is 2.91. The van der Waals surface area contributed by atoms with Gasteiger partial charge in [0.15, 0.2) is 0 Å². The lowest BCUT2D eigenvalue weighted by molar-refractivity contribution is 0.0733. The molecule has 0 amide bonds. The Bertz CT molecular complexity index is 886. The van der Waals surface area contributed by atoms with Gasteiger partial charge in [0.2, 0.25) is 0 Å². The first-order valence-electron chi connectivity index (χ1n) is 6.86. The summed E-state index contributed by atoms with van der Waals surface area (Å²) in [5, 5.41) is 4.69. The summed E-state index contributed by atoms with van der Waals surface area (Å²) in [6, 6.07) is 12.2. The van der Waals surface area contributed by atoms with E-state index in [1.54, 1.807) is 37.3 Å². The van der Waals surface area contributed by atoms with E-state index in [4.69, 9.17) is 32.5 Å². The number of nitrogens with zero attached hydrogens (tertiary/aromatic N) is 1. The van der Waals surface area contributed by atoms with Crippen LogP contribution in [0.3, 0.4) is 0 Å². The Morgan fingerprint density at radius 3 is 2.38 bits per heavy atom. The molecule has 0 aliphatic rings. The predicted molar refractivity (Wildman–Crippen MR) is 101 cm³/mol. The minimum absolute atomic E-state index is 0.198. The third-order valence-corrected chi connectivity index (χ3v) is 4.64. The van der Waals surface area contributed by atoms with Crippen LogP contribution in [-0.2, 0) is 0 Å². The van der Waals surface area contributed by atoms with E-state index in [-0.39, 0.29) is 11.3 Å². The minimum Gasteiger partial charge on any atom is -0.423 e. The Morgan fingerprint density at radius 2 is 1.75 bits per heavy atom. The van der Waals surface area contributed by atoms with Crippen LogP contribution in [0.2, 0.25) is 10.0 Å². The molecule has 1 heterocycles. The van der Waals surface area contributed by atoms with Crippen molar-refractivity contribution in [1.29, 1.82) is 0 Å². The van der Waals surface area contributed by atoms with E-state index in [1.807, 2.05) is 12.1 Å². The number of aromatic nitrogens is 1. The molecule has 1 aromatic heterocycles. The van der Waals surface area contributed by atoms with E-state index >= 15 is 0 Å². The topological polar surface area (TPSA) is 52.3 Å². The Morgan fingerprint density at radius 1 is 1.12 bits per heavy atom. The highest BCUT2D eigenvalue weighted by molar-refractivity contribution is 14.1. The highest BCUT2D eigenvalue weighted by Crippen LogP contribution is 2.37. The molecule has 0 saturated heterocycles. The Balaban J connectivity index is 2.01. The van der Waals surface area contributed by atoms with Crippen LogP contribution < -0.4 is 4.74 Å². The lowest BCUT2D eigenvalue weighted by Gasteiger charge is -2.07. The highest BCUT2D eigenvalue weighted by Gasteiger charge is 2.26. The smallest absolute Gasteiger partial charge is 0.349 e. The summed E-state index contributed by atoms with van der Waals surface area (Å²) in [4.78, 5) is 12.6. The van der Waals surface area contributed by atoms with Crippen molar-refractivity contribution in [2.45, 2.75) is 6.92 Å². The first-order valence-corrected chi connectivity index (χ1v) is 8.69. The van der Waals surface area contributed by atoms with Gasteiger partial charge in [-0.25, -0.2) is 4.79 Å². The second-order valence-corrected chi connectivity index (χ2v) is 6.96. The molecule has 0 unspecified atom stereocenters. The zero-order valence-electron chi connectivity index (χ0n) is 12.3. The van der Waals surface area contributed by atoms with Gasteiger partial charge in [0, 0.05) is 9.13 Å². The maximum absolute atomic E-state index is 12.6. The largest absolute Gasteiger partial charge is 0.423 e. The highest BCUT2D eigenvalue weighted by atomic mass is 127. The van der Waals surface area contributed by atoms with E-state index in [0.717, 1.165) is 3.57 Å². The fourth-order valence-corrected chi connectivity index (χ4v) is 3.10. The van der Waals surface area contributed by atoms with Crippen molar-refractivity contribution in [1.82, 2.24) is 5.16 Å². The second kappa shape index (κ2) is 7.13. The van der Waals surface area contributed by atoms with Gasteiger partial charge in [-0.3, -0.25) is 0 Å². The summed E-state index contributed by atoms with van der Waals surface area (Å²) in [6.07, 6.45) is 0. The van der Waals surface area contributed by atoms with Crippen LogP contribution in [0.5, 0.6) is 5.75 Å². The van der Waals surface area contributed by atoms with Gasteiger partial charge in [0.1, 0.15) is 22.8 Å². The van der Waals surface area contributed by atoms with Crippen LogP contribution in [0.4, 0.5) is 0 Å². The molecule has 0 N–H and O–H groups in total. The molecule has 4 nitrogen and oxygen atoms in total. The lowest BCUT2D eigenvalue weighted by atomic mass is 10.1. The van der Waals surface area contributed by atoms with Crippen molar-refractivity contribution < 1.29 is 14.1 Å². The van der Waals surface area contributed by atoms with Gasteiger partial charge in [0.05, 0.1) is 10.0 Å². The van der Waals surface area contributed by atoms with E-state index in [1.165, 1.54) is 0 Å². The SMILES string of the molecule is Cc1onc(-c2c(Cl)cccc2Cl)c1C(=O)Oc1ccc(I)cc1. The summed E-state index contributed by atoms with van der Waals surface area (Å²) in [5.74, 6) is 0.176. The zero-order valence-corrected chi connectivity index (χ0v) is 16.0. The van der Waals surface area contributed by atoms with Crippen molar-refractivity contribution >= 4 is 51.8 Å². The lowest BCUT2D eigenvalue weighted by Crippen LogP contribution is -2.10. The van der Waals surface area contributed by atoms with Crippen LogP contribution in [-0.4, -0.2) is 11.1 Å². The predicted octanol–water partition coefficient (Wildman–Crippen LogP) is 5.78. The van der Waals surface area contributed by atoms with Gasteiger partial charge in [-0.15, -0.1) is 0 Å². The summed E-state index contributed by atoms with van der Waals surface area (Å²) < 4.78 is 11.6. The van der Waals surface area contributed by atoms with Gasteiger partial charge < -0.3 is 9.26 Å². The van der Waals surface area contributed by atoms with E-state index in [0.29, 0.717) is 27.1 Å². The van der Waals surface area contributed by atoms with Crippen LogP contribution in [0, 0.1) is 10.5 Å². The molecule has 7 heteroatoms. The third-order valence-electron chi connectivity index (χ3n) is 3.29. The number of ether oxygens (including phenoxy) is 1. The molecule has 3 aromatic rings. The Hall–Kier alpha value is -1.57. The van der Waals surface area contributed by atoms with Crippen molar-refractivity contribution in [3.05, 3.63) is 67.4 Å². The van der Waals surface area contributed by atoms with E-state index in [9.17, 15) is 4.79 Å². The number of carbonyl (C=O) groups excluding carboxylic acids is 1. The van der Waals surface area contributed by atoms with Crippen LogP contribution in [0.25, 0.3) is 11.3 Å². The van der Waals surface area contributed by atoms with Gasteiger partial charge in [-0.05, 0) is 65.9 Å². The maximum atomic E-state index is 12.6.